The third-order valence-corrected chi connectivity index (χ3v) is 7.02. The fourth-order valence-corrected chi connectivity index (χ4v) is 5.50. The number of hydrogen-bond donors (Lipinski definition) is 0. The van der Waals surface area contributed by atoms with Crippen molar-refractivity contribution in [3.63, 3.8) is 0 Å². The van der Waals surface area contributed by atoms with Gasteiger partial charge in [-0.3, -0.25) is 0 Å². The SMILES string of the molecule is CCCCC[C@H]1CC[C@H](C(C=O)(CC)C2CCCCC2)CC1. The highest BCUT2D eigenvalue weighted by Gasteiger charge is 2.44. The first-order chi connectivity index (χ1) is 10.8. The van der Waals surface area contributed by atoms with E-state index in [4.69, 9.17) is 0 Å². The van der Waals surface area contributed by atoms with Gasteiger partial charge in [-0.1, -0.05) is 71.6 Å². The van der Waals surface area contributed by atoms with Crippen molar-refractivity contribution < 1.29 is 4.79 Å². The summed E-state index contributed by atoms with van der Waals surface area (Å²) in [4.78, 5) is 12.1. The van der Waals surface area contributed by atoms with Crippen molar-refractivity contribution in [2.24, 2.45) is 23.2 Å². The van der Waals surface area contributed by atoms with Crippen LogP contribution in [0.2, 0.25) is 0 Å². The maximum absolute atomic E-state index is 12.1. The van der Waals surface area contributed by atoms with Crippen LogP contribution in [0.15, 0.2) is 0 Å². The second kappa shape index (κ2) is 9.08. The lowest BCUT2D eigenvalue weighted by atomic mass is 9.57. The molecule has 2 fully saturated rings. The number of rotatable bonds is 8. The van der Waals surface area contributed by atoms with Crippen LogP contribution in [-0.2, 0) is 4.79 Å². The molecule has 0 spiro atoms. The van der Waals surface area contributed by atoms with Crippen molar-refractivity contribution in [2.75, 3.05) is 0 Å². The van der Waals surface area contributed by atoms with Crippen LogP contribution in [-0.4, -0.2) is 6.29 Å². The Hall–Kier alpha value is -0.330. The summed E-state index contributed by atoms with van der Waals surface area (Å²) in [6.45, 7) is 4.57. The molecule has 2 aliphatic carbocycles. The number of aldehydes is 1. The van der Waals surface area contributed by atoms with Crippen LogP contribution >= 0.6 is 0 Å². The molecule has 0 saturated heterocycles. The van der Waals surface area contributed by atoms with Gasteiger partial charge < -0.3 is 4.79 Å². The van der Waals surface area contributed by atoms with Crippen LogP contribution in [0.25, 0.3) is 0 Å². The second-order valence-corrected chi connectivity index (χ2v) is 8.13. The van der Waals surface area contributed by atoms with Gasteiger partial charge in [0.15, 0.2) is 0 Å². The van der Waals surface area contributed by atoms with Crippen LogP contribution < -0.4 is 0 Å². The molecule has 1 unspecified atom stereocenters. The number of hydrogen-bond acceptors (Lipinski definition) is 1. The Morgan fingerprint density at radius 1 is 0.864 bits per heavy atom. The minimum atomic E-state index is 0.0226. The van der Waals surface area contributed by atoms with Crippen molar-refractivity contribution in [3.8, 4) is 0 Å². The maximum atomic E-state index is 12.1. The summed E-state index contributed by atoms with van der Waals surface area (Å²) in [5.74, 6) is 2.32. The molecule has 2 aliphatic rings. The zero-order valence-corrected chi connectivity index (χ0v) is 15.1. The standard InChI is InChI=1S/C21H38O/c1-3-5-7-10-18-13-15-20(16-14-18)21(4-2,17-22)19-11-8-6-9-12-19/h17-20H,3-16H2,1-2H3/t18-,20-,21?. The van der Waals surface area contributed by atoms with E-state index in [0.717, 1.165) is 12.3 Å². The van der Waals surface area contributed by atoms with E-state index in [2.05, 4.69) is 13.8 Å². The highest BCUT2D eigenvalue weighted by Crippen LogP contribution is 2.50. The Morgan fingerprint density at radius 2 is 1.50 bits per heavy atom. The van der Waals surface area contributed by atoms with E-state index in [1.807, 2.05) is 0 Å². The van der Waals surface area contributed by atoms with Gasteiger partial charge in [-0.15, -0.1) is 0 Å². The molecule has 1 nitrogen and oxygen atoms in total. The Morgan fingerprint density at radius 3 is 2.05 bits per heavy atom. The van der Waals surface area contributed by atoms with Crippen molar-refractivity contribution in [1.82, 2.24) is 0 Å². The fourth-order valence-electron chi connectivity index (χ4n) is 5.50. The topological polar surface area (TPSA) is 17.1 Å². The van der Waals surface area contributed by atoms with Crippen molar-refractivity contribution in [1.29, 1.82) is 0 Å². The van der Waals surface area contributed by atoms with Gasteiger partial charge in [-0.25, -0.2) is 0 Å². The van der Waals surface area contributed by atoms with Crippen molar-refractivity contribution in [3.05, 3.63) is 0 Å². The van der Waals surface area contributed by atoms with E-state index < -0.39 is 0 Å². The summed E-state index contributed by atoms with van der Waals surface area (Å²) in [6.07, 6.45) is 20.2. The number of unbranched alkanes of at least 4 members (excludes halogenated alkanes) is 2. The van der Waals surface area contributed by atoms with Crippen LogP contribution in [0.4, 0.5) is 0 Å². The van der Waals surface area contributed by atoms with E-state index in [1.54, 1.807) is 0 Å². The van der Waals surface area contributed by atoms with Crippen molar-refractivity contribution >= 4 is 6.29 Å². The predicted octanol–water partition coefficient (Wildman–Crippen LogP) is 6.55. The molecule has 1 heteroatoms. The molecule has 0 N–H and O–H groups in total. The summed E-state index contributed by atoms with van der Waals surface area (Å²) >= 11 is 0. The smallest absolute Gasteiger partial charge is 0.126 e. The molecule has 0 aromatic heterocycles. The van der Waals surface area contributed by atoms with Crippen LogP contribution in [0.1, 0.15) is 104 Å². The normalized spacial score (nSPS) is 29.9. The lowest BCUT2D eigenvalue weighted by Crippen LogP contribution is -2.42. The van der Waals surface area contributed by atoms with E-state index in [9.17, 15) is 4.79 Å². The molecule has 0 aromatic rings. The van der Waals surface area contributed by atoms with Crippen LogP contribution in [0.3, 0.4) is 0 Å². The molecule has 2 rings (SSSR count). The molecule has 0 aromatic carbocycles. The van der Waals surface area contributed by atoms with E-state index in [0.29, 0.717) is 11.8 Å². The largest absolute Gasteiger partial charge is 0.303 e. The highest BCUT2D eigenvalue weighted by molar-refractivity contribution is 5.60. The summed E-state index contributed by atoms with van der Waals surface area (Å²) in [7, 11) is 0. The Labute approximate surface area is 138 Å². The Balaban J connectivity index is 1.91. The van der Waals surface area contributed by atoms with Gasteiger partial charge in [-0.05, 0) is 49.9 Å². The zero-order valence-electron chi connectivity index (χ0n) is 15.1. The Kier molecular flexibility index (Phi) is 7.44. The van der Waals surface area contributed by atoms with Gasteiger partial charge in [0.1, 0.15) is 6.29 Å². The van der Waals surface area contributed by atoms with Gasteiger partial charge in [0.05, 0.1) is 0 Å². The number of carbonyl (C=O) groups excluding carboxylic acids is 1. The monoisotopic (exact) mass is 306 g/mol. The van der Waals surface area contributed by atoms with E-state index in [-0.39, 0.29) is 5.41 Å². The van der Waals surface area contributed by atoms with Gasteiger partial charge >= 0.3 is 0 Å². The Bertz CT molecular complexity index is 310. The molecular weight excluding hydrogens is 268 g/mol. The molecule has 0 radical (unpaired) electrons. The first-order valence-electron chi connectivity index (χ1n) is 10.2. The lowest BCUT2D eigenvalue weighted by Gasteiger charge is -2.46. The minimum absolute atomic E-state index is 0.0226. The third-order valence-electron chi connectivity index (χ3n) is 7.02. The lowest BCUT2D eigenvalue weighted by molar-refractivity contribution is -0.126. The van der Waals surface area contributed by atoms with Crippen LogP contribution in [0.5, 0.6) is 0 Å². The fraction of sp³-hybridized carbons (Fsp3) is 0.952. The summed E-state index contributed by atoms with van der Waals surface area (Å²) in [5.41, 5.74) is 0.0226. The molecular formula is C21H38O. The second-order valence-electron chi connectivity index (χ2n) is 8.13. The first kappa shape index (κ1) is 18.0. The molecule has 0 bridgehead atoms. The van der Waals surface area contributed by atoms with Crippen LogP contribution in [0, 0.1) is 23.2 Å². The molecule has 1 atom stereocenters. The summed E-state index contributed by atoms with van der Waals surface area (Å²) in [6, 6.07) is 0. The summed E-state index contributed by atoms with van der Waals surface area (Å²) in [5, 5.41) is 0. The van der Waals surface area contributed by atoms with Gasteiger partial charge in [0.2, 0.25) is 0 Å². The first-order valence-corrected chi connectivity index (χ1v) is 10.2. The average molecular weight is 307 g/mol. The third kappa shape index (κ3) is 4.15. The molecule has 0 amide bonds. The molecule has 0 aliphatic heterocycles. The van der Waals surface area contributed by atoms with Gasteiger partial charge in [-0.2, -0.15) is 0 Å². The summed E-state index contributed by atoms with van der Waals surface area (Å²) < 4.78 is 0. The van der Waals surface area contributed by atoms with Gasteiger partial charge in [0, 0.05) is 5.41 Å². The molecule has 0 heterocycles. The predicted molar refractivity (Wildman–Crippen MR) is 95.0 cm³/mol. The van der Waals surface area contributed by atoms with Crippen molar-refractivity contribution in [2.45, 2.75) is 104 Å². The molecule has 2 saturated carbocycles. The zero-order chi connectivity index (χ0) is 15.8. The van der Waals surface area contributed by atoms with E-state index in [1.165, 1.54) is 89.8 Å². The number of carbonyl (C=O) groups is 1. The van der Waals surface area contributed by atoms with Gasteiger partial charge in [0.25, 0.3) is 0 Å². The molecule has 128 valence electrons. The quantitative estimate of drug-likeness (QED) is 0.367. The van der Waals surface area contributed by atoms with E-state index >= 15 is 0 Å². The minimum Gasteiger partial charge on any atom is -0.303 e. The molecule has 22 heavy (non-hydrogen) atoms. The maximum Gasteiger partial charge on any atom is 0.126 e. The average Bonchev–Trinajstić information content (AvgIpc) is 2.59. The highest BCUT2D eigenvalue weighted by atomic mass is 16.1.